The minimum absolute atomic E-state index is 0.00267. The minimum Gasteiger partial charge on any atom is -0.340 e. The summed E-state index contributed by atoms with van der Waals surface area (Å²) in [5.41, 5.74) is 2.09. The van der Waals surface area contributed by atoms with Gasteiger partial charge in [0.1, 0.15) is 0 Å². The Bertz CT molecular complexity index is 560. The first kappa shape index (κ1) is 18.5. The Balaban J connectivity index is 1.86. The molecule has 1 aliphatic heterocycles. The van der Waals surface area contributed by atoms with Gasteiger partial charge in [0, 0.05) is 37.8 Å². The van der Waals surface area contributed by atoms with Gasteiger partial charge >= 0.3 is 0 Å². The second-order valence-electron chi connectivity index (χ2n) is 6.73. The molecule has 2 amide bonds. The summed E-state index contributed by atoms with van der Waals surface area (Å²) in [6.07, 6.45) is 0.990. The SMILES string of the molecule is CCc1ccc(NC(=O)C(C)N2CCN(C(=O)C(C)C)CC2)cc1. The maximum atomic E-state index is 12.5. The van der Waals surface area contributed by atoms with Crippen molar-refractivity contribution in [2.45, 2.75) is 40.2 Å². The first-order valence-electron chi connectivity index (χ1n) is 8.85. The number of carbonyl (C=O) groups is 2. The molecule has 0 spiro atoms. The average molecular weight is 331 g/mol. The van der Waals surface area contributed by atoms with Crippen molar-refractivity contribution in [2.24, 2.45) is 5.92 Å². The second-order valence-corrected chi connectivity index (χ2v) is 6.73. The van der Waals surface area contributed by atoms with E-state index in [9.17, 15) is 9.59 Å². The first-order valence-corrected chi connectivity index (χ1v) is 8.85. The summed E-state index contributed by atoms with van der Waals surface area (Å²) in [6.45, 7) is 10.8. The Labute approximate surface area is 145 Å². The summed E-state index contributed by atoms with van der Waals surface area (Å²) in [4.78, 5) is 28.5. The Kier molecular flexibility index (Phi) is 6.37. The van der Waals surface area contributed by atoms with E-state index in [0.29, 0.717) is 13.1 Å². The predicted molar refractivity (Wildman–Crippen MR) is 96.9 cm³/mol. The van der Waals surface area contributed by atoms with Crippen molar-refractivity contribution in [3.8, 4) is 0 Å². The highest BCUT2D eigenvalue weighted by Gasteiger charge is 2.28. The lowest BCUT2D eigenvalue weighted by Gasteiger charge is -2.38. The lowest BCUT2D eigenvalue weighted by Crippen LogP contribution is -2.54. The van der Waals surface area contributed by atoms with Crippen molar-refractivity contribution >= 4 is 17.5 Å². The molecule has 1 heterocycles. The van der Waals surface area contributed by atoms with Crippen LogP contribution in [0, 0.1) is 5.92 Å². The van der Waals surface area contributed by atoms with Crippen molar-refractivity contribution in [3.63, 3.8) is 0 Å². The van der Waals surface area contributed by atoms with Gasteiger partial charge in [-0.15, -0.1) is 0 Å². The van der Waals surface area contributed by atoms with Crippen molar-refractivity contribution in [1.82, 2.24) is 9.80 Å². The van der Waals surface area contributed by atoms with Gasteiger partial charge in [0.25, 0.3) is 0 Å². The number of piperazine rings is 1. The number of carbonyl (C=O) groups excluding carboxylic acids is 2. The minimum atomic E-state index is -0.202. The molecule has 0 saturated carbocycles. The molecular formula is C19H29N3O2. The summed E-state index contributed by atoms with van der Waals surface area (Å²) in [6, 6.07) is 7.77. The van der Waals surface area contributed by atoms with Gasteiger partial charge in [-0.2, -0.15) is 0 Å². The number of nitrogens with one attached hydrogen (secondary N) is 1. The molecule has 0 aliphatic carbocycles. The molecule has 0 bridgehead atoms. The summed E-state index contributed by atoms with van der Waals surface area (Å²) in [5.74, 6) is 0.231. The quantitative estimate of drug-likeness (QED) is 0.901. The highest BCUT2D eigenvalue weighted by atomic mass is 16.2. The van der Waals surface area contributed by atoms with Gasteiger partial charge in [-0.25, -0.2) is 0 Å². The zero-order valence-corrected chi connectivity index (χ0v) is 15.2. The molecule has 1 saturated heterocycles. The van der Waals surface area contributed by atoms with E-state index < -0.39 is 0 Å². The molecule has 1 unspecified atom stereocenters. The van der Waals surface area contributed by atoms with Gasteiger partial charge in [0.05, 0.1) is 6.04 Å². The van der Waals surface area contributed by atoms with Crippen LogP contribution in [0.1, 0.15) is 33.3 Å². The zero-order valence-electron chi connectivity index (χ0n) is 15.2. The number of anilines is 1. The van der Waals surface area contributed by atoms with E-state index in [1.165, 1.54) is 5.56 Å². The van der Waals surface area contributed by atoms with E-state index in [1.54, 1.807) is 0 Å². The standard InChI is InChI=1S/C19H29N3O2/c1-5-16-6-8-17(9-7-16)20-18(23)15(4)21-10-12-22(13-11-21)19(24)14(2)3/h6-9,14-15H,5,10-13H2,1-4H3,(H,20,23). The molecule has 0 aromatic heterocycles. The molecule has 5 nitrogen and oxygen atoms in total. The maximum absolute atomic E-state index is 12.5. The van der Waals surface area contributed by atoms with Gasteiger partial charge in [-0.05, 0) is 31.0 Å². The summed E-state index contributed by atoms with van der Waals surface area (Å²) in [7, 11) is 0. The topological polar surface area (TPSA) is 52.7 Å². The molecule has 1 fully saturated rings. The zero-order chi connectivity index (χ0) is 17.7. The molecule has 0 radical (unpaired) electrons. The van der Waals surface area contributed by atoms with Gasteiger partial charge in [-0.1, -0.05) is 32.9 Å². The van der Waals surface area contributed by atoms with Crippen molar-refractivity contribution in [2.75, 3.05) is 31.5 Å². The third kappa shape index (κ3) is 4.57. The fourth-order valence-electron chi connectivity index (χ4n) is 2.93. The Hall–Kier alpha value is -1.88. The van der Waals surface area contributed by atoms with Crippen LogP contribution in [0.15, 0.2) is 24.3 Å². The molecular weight excluding hydrogens is 302 g/mol. The van der Waals surface area contributed by atoms with Crippen LogP contribution < -0.4 is 5.32 Å². The van der Waals surface area contributed by atoms with E-state index >= 15 is 0 Å². The Morgan fingerprint density at radius 2 is 1.62 bits per heavy atom. The van der Waals surface area contributed by atoms with Gasteiger partial charge in [0.15, 0.2) is 0 Å². The predicted octanol–water partition coefficient (Wildman–Crippen LogP) is 2.38. The fraction of sp³-hybridized carbons (Fsp3) is 0.579. The number of nitrogens with zero attached hydrogens (tertiary/aromatic N) is 2. The van der Waals surface area contributed by atoms with Crippen LogP contribution in [0.4, 0.5) is 5.69 Å². The number of amides is 2. The summed E-state index contributed by atoms with van der Waals surface area (Å²) < 4.78 is 0. The molecule has 1 atom stereocenters. The molecule has 24 heavy (non-hydrogen) atoms. The first-order chi connectivity index (χ1) is 11.4. The van der Waals surface area contributed by atoms with Gasteiger partial charge < -0.3 is 10.2 Å². The Morgan fingerprint density at radius 3 is 2.12 bits per heavy atom. The molecule has 1 aromatic carbocycles. The van der Waals surface area contributed by atoms with Crippen LogP contribution in [-0.2, 0) is 16.0 Å². The number of hydrogen-bond acceptors (Lipinski definition) is 3. The molecule has 1 aliphatic rings. The van der Waals surface area contributed by atoms with E-state index in [1.807, 2.05) is 49.9 Å². The Morgan fingerprint density at radius 1 is 1.04 bits per heavy atom. The van der Waals surface area contributed by atoms with Crippen LogP contribution in [0.2, 0.25) is 0 Å². The molecule has 132 valence electrons. The highest BCUT2D eigenvalue weighted by molar-refractivity contribution is 5.94. The van der Waals surface area contributed by atoms with Crippen LogP contribution >= 0.6 is 0 Å². The van der Waals surface area contributed by atoms with Crippen molar-refractivity contribution in [3.05, 3.63) is 29.8 Å². The number of hydrogen-bond donors (Lipinski definition) is 1. The fourth-order valence-corrected chi connectivity index (χ4v) is 2.93. The van der Waals surface area contributed by atoms with Crippen LogP contribution in [0.5, 0.6) is 0 Å². The van der Waals surface area contributed by atoms with Crippen LogP contribution in [0.25, 0.3) is 0 Å². The lowest BCUT2D eigenvalue weighted by molar-refractivity contribution is -0.136. The molecule has 2 rings (SSSR count). The van der Waals surface area contributed by atoms with E-state index in [0.717, 1.165) is 25.2 Å². The van der Waals surface area contributed by atoms with Crippen molar-refractivity contribution < 1.29 is 9.59 Å². The molecule has 1 aromatic rings. The number of benzene rings is 1. The van der Waals surface area contributed by atoms with Crippen LogP contribution in [0.3, 0.4) is 0 Å². The van der Waals surface area contributed by atoms with E-state index in [4.69, 9.17) is 0 Å². The highest BCUT2D eigenvalue weighted by Crippen LogP contribution is 2.13. The normalized spacial score (nSPS) is 17.0. The third-order valence-corrected chi connectivity index (χ3v) is 4.68. The lowest BCUT2D eigenvalue weighted by atomic mass is 10.1. The van der Waals surface area contributed by atoms with Crippen LogP contribution in [-0.4, -0.2) is 53.8 Å². The smallest absolute Gasteiger partial charge is 0.241 e. The molecule has 1 N–H and O–H groups in total. The van der Waals surface area contributed by atoms with Gasteiger partial charge in [0.2, 0.25) is 11.8 Å². The average Bonchev–Trinajstić information content (AvgIpc) is 2.61. The number of rotatable bonds is 5. The molecule has 5 heteroatoms. The summed E-state index contributed by atoms with van der Waals surface area (Å²) in [5, 5.41) is 2.98. The monoisotopic (exact) mass is 331 g/mol. The van der Waals surface area contributed by atoms with Gasteiger partial charge in [-0.3, -0.25) is 14.5 Å². The number of aryl methyl sites for hydroxylation is 1. The summed E-state index contributed by atoms with van der Waals surface area (Å²) >= 11 is 0. The second kappa shape index (κ2) is 8.29. The van der Waals surface area contributed by atoms with E-state index in [2.05, 4.69) is 17.1 Å². The maximum Gasteiger partial charge on any atom is 0.241 e. The largest absolute Gasteiger partial charge is 0.340 e. The van der Waals surface area contributed by atoms with E-state index in [-0.39, 0.29) is 23.8 Å². The van der Waals surface area contributed by atoms with Crippen molar-refractivity contribution in [1.29, 1.82) is 0 Å². The third-order valence-electron chi connectivity index (χ3n) is 4.68.